The van der Waals surface area contributed by atoms with Crippen LogP contribution in [0.15, 0.2) is 54.6 Å². The Kier molecular flexibility index (Phi) is 4.29. The van der Waals surface area contributed by atoms with Crippen LogP contribution in [-0.2, 0) is 4.79 Å². The third-order valence-electron chi connectivity index (χ3n) is 4.20. The predicted octanol–water partition coefficient (Wildman–Crippen LogP) is 4.50. The van der Waals surface area contributed by atoms with Crippen molar-refractivity contribution in [2.45, 2.75) is 25.7 Å². The summed E-state index contributed by atoms with van der Waals surface area (Å²) in [6.07, 6.45) is 3.16. The Balaban J connectivity index is 1.66. The van der Waals surface area contributed by atoms with E-state index in [9.17, 15) is 10.1 Å². The molecule has 0 saturated heterocycles. The Morgan fingerprint density at radius 3 is 2.22 bits per heavy atom. The van der Waals surface area contributed by atoms with Gasteiger partial charge in [0.1, 0.15) is 16.9 Å². The summed E-state index contributed by atoms with van der Waals surface area (Å²) in [4.78, 5) is 12.4. The lowest BCUT2D eigenvalue weighted by atomic mass is 9.87. The number of anilines is 1. The molecular weight excluding hydrogens is 288 g/mol. The highest BCUT2D eigenvalue weighted by Crippen LogP contribution is 2.38. The lowest BCUT2D eigenvalue weighted by Crippen LogP contribution is -2.32. The molecular formula is C19H18N2O2. The fraction of sp³-hybridized carbons (Fsp3) is 0.263. The number of nitrogens with zero attached hydrogens (tertiary/aromatic N) is 1. The van der Waals surface area contributed by atoms with E-state index in [-0.39, 0.29) is 5.91 Å². The van der Waals surface area contributed by atoms with Crippen molar-refractivity contribution in [2.75, 3.05) is 5.32 Å². The number of carbonyl (C=O) groups is 1. The van der Waals surface area contributed by atoms with E-state index in [2.05, 4.69) is 11.4 Å². The van der Waals surface area contributed by atoms with Crippen LogP contribution in [0.1, 0.15) is 25.7 Å². The Morgan fingerprint density at radius 2 is 1.61 bits per heavy atom. The lowest BCUT2D eigenvalue weighted by molar-refractivity contribution is -0.122. The zero-order chi connectivity index (χ0) is 16.1. The highest BCUT2D eigenvalue weighted by atomic mass is 16.5. The fourth-order valence-electron chi connectivity index (χ4n) is 2.85. The summed E-state index contributed by atoms with van der Waals surface area (Å²) in [5.41, 5.74) is -0.184. The Hall–Kier alpha value is -2.80. The Bertz CT molecular complexity index is 711. The van der Waals surface area contributed by atoms with Gasteiger partial charge in [0.15, 0.2) is 0 Å². The molecule has 2 aromatic rings. The zero-order valence-electron chi connectivity index (χ0n) is 12.8. The van der Waals surface area contributed by atoms with Crippen LogP contribution in [0.25, 0.3) is 0 Å². The van der Waals surface area contributed by atoms with Crippen LogP contribution in [0.4, 0.5) is 5.69 Å². The first-order valence-corrected chi connectivity index (χ1v) is 7.78. The van der Waals surface area contributed by atoms with Crippen molar-refractivity contribution in [3.8, 4) is 17.6 Å². The first-order valence-electron chi connectivity index (χ1n) is 7.78. The summed E-state index contributed by atoms with van der Waals surface area (Å²) in [7, 11) is 0. The Morgan fingerprint density at radius 1 is 1.00 bits per heavy atom. The highest BCUT2D eigenvalue weighted by molar-refractivity contribution is 5.97. The average molecular weight is 306 g/mol. The standard InChI is InChI=1S/C19H18N2O2/c20-14-19(12-4-5-13-19)18(22)21-15-8-10-17(11-9-15)23-16-6-2-1-3-7-16/h1-3,6-11H,4-5,12-13H2,(H,21,22). The van der Waals surface area contributed by atoms with Crippen LogP contribution in [-0.4, -0.2) is 5.91 Å². The van der Waals surface area contributed by atoms with Crippen molar-refractivity contribution in [1.82, 2.24) is 0 Å². The molecule has 0 heterocycles. The number of hydrogen-bond acceptors (Lipinski definition) is 3. The van der Waals surface area contributed by atoms with Crippen molar-refractivity contribution in [1.29, 1.82) is 5.26 Å². The van der Waals surface area contributed by atoms with Crippen LogP contribution in [0.3, 0.4) is 0 Å². The second kappa shape index (κ2) is 6.53. The number of benzene rings is 2. The van der Waals surface area contributed by atoms with E-state index in [0.717, 1.165) is 18.6 Å². The van der Waals surface area contributed by atoms with Crippen molar-refractivity contribution in [3.05, 3.63) is 54.6 Å². The van der Waals surface area contributed by atoms with Crippen molar-refractivity contribution < 1.29 is 9.53 Å². The predicted molar refractivity (Wildman–Crippen MR) is 88.1 cm³/mol. The van der Waals surface area contributed by atoms with Gasteiger partial charge in [-0.05, 0) is 49.2 Å². The van der Waals surface area contributed by atoms with Crippen LogP contribution in [0, 0.1) is 16.7 Å². The quantitative estimate of drug-likeness (QED) is 0.904. The maximum Gasteiger partial charge on any atom is 0.244 e. The molecule has 1 amide bonds. The van der Waals surface area contributed by atoms with E-state index in [0.29, 0.717) is 24.3 Å². The minimum Gasteiger partial charge on any atom is -0.457 e. The van der Waals surface area contributed by atoms with Gasteiger partial charge in [-0.3, -0.25) is 4.79 Å². The van der Waals surface area contributed by atoms with Crippen molar-refractivity contribution >= 4 is 11.6 Å². The topological polar surface area (TPSA) is 62.1 Å². The second-order valence-electron chi connectivity index (χ2n) is 5.79. The number of nitriles is 1. The number of rotatable bonds is 4. The number of carbonyl (C=O) groups excluding carboxylic acids is 1. The van der Waals surface area contributed by atoms with E-state index >= 15 is 0 Å². The molecule has 1 aliphatic rings. The maximum absolute atomic E-state index is 12.4. The summed E-state index contributed by atoms with van der Waals surface area (Å²) in [6.45, 7) is 0. The minimum absolute atomic E-state index is 0.200. The summed E-state index contributed by atoms with van der Waals surface area (Å²) in [6, 6.07) is 18.9. The van der Waals surface area contributed by atoms with E-state index in [4.69, 9.17) is 4.74 Å². The van der Waals surface area contributed by atoms with Gasteiger partial charge in [-0.2, -0.15) is 5.26 Å². The number of amides is 1. The van der Waals surface area contributed by atoms with Crippen LogP contribution in [0.5, 0.6) is 11.5 Å². The van der Waals surface area contributed by atoms with Gasteiger partial charge in [0, 0.05) is 5.69 Å². The third-order valence-corrected chi connectivity index (χ3v) is 4.20. The van der Waals surface area contributed by atoms with E-state index in [1.54, 1.807) is 24.3 Å². The first-order chi connectivity index (χ1) is 11.2. The molecule has 0 aliphatic heterocycles. The summed E-state index contributed by atoms with van der Waals surface area (Å²) in [5, 5.41) is 12.2. The van der Waals surface area contributed by atoms with E-state index < -0.39 is 5.41 Å². The van der Waals surface area contributed by atoms with Gasteiger partial charge < -0.3 is 10.1 Å². The van der Waals surface area contributed by atoms with Crippen LogP contribution in [0.2, 0.25) is 0 Å². The number of hydrogen-bond donors (Lipinski definition) is 1. The molecule has 23 heavy (non-hydrogen) atoms. The maximum atomic E-state index is 12.4. The van der Waals surface area contributed by atoms with Gasteiger partial charge in [-0.15, -0.1) is 0 Å². The summed E-state index contributed by atoms with van der Waals surface area (Å²) >= 11 is 0. The molecule has 0 unspecified atom stereocenters. The number of nitrogens with one attached hydrogen (secondary N) is 1. The van der Waals surface area contributed by atoms with E-state index in [1.165, 1.54) is 0 Å². The Labute approximate surface area is 135 Å². The zero-order valence-corrected chi connectivity index (χ0v) is 12.8. The molecule has 4 heteroatoms. The summed E-state index contributed by atoms with van der Waals surface area (Å²) < 4.78 is 5.71. The molecule has 1 N–H and O–H groups in total. The largest absolute Gasteiger partial charge is 0.457 e. The van der Waals surface area contributed by atoms with Gasteiger partial charge in [0.05, 0.1) is 6.07 Å². The minimum atomic E-state index is -0.862. The third kappa shape index (κ3) is 3.35. The van der Waals surface area contributed by atoms with Gasteiger partial charge in [-0.25, -0.2) is 0 Å². The van der Waals surface area contributed by atoms with Crippen LogP contribution >= 0.6 is 0 Å². The highest BCUT2D eigenvalue weighted by Gasteiger charge is 2.41. The molecule has 4 nitrogen and oxygen atoms in total. The normalized spacial score (nSPS) is 15.6. The van der Waals surface area contributed by atoms with Crippen LogP contribution < -0.4 is 10.1 Å². The molecule has 0 atom stereocenters. The van der Waals surface area contributed by atoms with Gasteiger partial charge in [0.25, 0.3) is 0 Å². The monoisotopic (exact) mass is 306 g/mol. The molecule has 0 bridgehead atoms. The van der Waals surface area contributed by atoms with Crippen molar-refractivity contribution in [2.24, 2.45) is 5.41 Å². The van der Waals surface area contributed by atoms with E-state index in [1.807, 2.05) is 30.3 Å². The first kappa shape index (κ1) is 15.1. The molecule has 1 fully saturated rings. The molecule has 2 aromatic carbocycles. The molecule has 1 saturated carbocycles. The lowest BCUT2D eigenvalue weighted by Gasteiger charge is -2.19. The van der Waals surface area contributed by atoms with Gasteiger partial charge in [-0.1, -0.05) is 31.0 Å². The fourth-order valence-corrected chi connectivity index (χ4v) is 2.85. The molecule has 0 aromatic heterocycles. The second-order valence-corrected chi connectivity index (χ2v) is 5.79. The smallest absolute Gasteiger partial charge is 0.244 e. The number of ether oxygens (including phenoxy) is 1. The molecule has 116 valence electrons. The SMILES string of the molecule is N#CC1(C(=O)Nc2ccc(Oc3ccccc3)cc2)CCCC1. The summed E-state index contributed by atoms with van der Waals surface area (Å²) in [5.74, 6) is 1.26. The van der Waals surface area contributed by atoms with Crippen molar-refractivity contribution in [3.63, 3.8) is 0 Å². The van der Waals surface area contributed by atoms with Gasteiger partial charge in [0.2, 0.25) is 5.91 Å². The average Bonchev–Trinajstić information content (AvgIpc) is 3.08. The molecule has 1 aliphatic carbocycles. The van der Waals surface area contributed by atoms with Gasteiger partial charge >= 0.3 is 0 Å². The molecule has 3 rings (SSSR count). The molecule has 0 radical (unpaired) electrons. The molecule has 0 spiro atoms. The number of para-hydroxylation sites is 1.